The second-order valence-electron chi connectivity index (χ2n) is 10.2. The molecule has 2 aromatic carbocycles. The molecule has 0 amide bonds. The van der Waals surface area contributed by atoms with E-state index >= 15 is 0 Å². The molecule has 0 spiro atoms. The van der Waals surface area contributed by atoms with Gasteiger partial charge in [0, 0.05) is 49.9 Å². The molecule has 40 heavy (non-hydrogen) atoms. The third-order valence-electron chi connectivity index (χ3n) is 7.18. The van der Waals surface area contributed by atoms with Crippen molar-refractivity contribution in [3.05, 3.63) is 81.3 Å². The van der Waals surface area contributed by atoms with Gasteiger partial charge >= 0.3 is 12.1 Å². The fourth-order valence-electron chi connectivity index (χ4n) is 5.24. The Morgan fingerprint density at radius 3 is 2.45 bits per heavy atom. The van der Waals surface area contributed by atoms with Gasteiger partial charge in [-0.15, -0.1) is 0 Å². The Kier molecular flexibility index (Phi) is 9.03. The molecule has 0 radical (unpaired) electrons. The zero-order chi connectivity index (χ0) is 28.9. The number of alkyl halides is 3. The van der Waals surface area contributed by atoms with Crippen LogP contribution in [0.1, 0.15) is 66.1 Å². The summed E-state index contributed by atoms with van der Waals surface area (Å²) in [6, 6.07) is 9.56. The molecule has 0 fully saturated rings. The first-order chi connectivity index (χ1) is 19.1. The monoisotopic (exact) mass is 554 g/mol. The number of halogens is 3. The van der Waals surface area contributed by atoms with Crippen molar-refractivity contribution in [1.82, 2.24) is 5.16 Å². The maximum absolute atomic E-state index is 13.6. The Morgan fingerprint density at radius 1 is 1.07 bits per heavy atom. The van der Waals surface area contributed by atoms with E-state index in [1.165, 1.54) is 17.2 Å². The predicted octanol–water partition coefficient (Wildman–Crippen LogP) is 7.33. The van der Waals surface area contributed by atoms with Crippen LogP contribution in [0.15, 0.2) is 40.9 Å². The number of rotatable bonds is 12. The molecule has 212 valence electrons. The molecular weight excluding hydrogens is 521 g/mol. The molecule has 1 aliphatic carbocycles. The van der Waals surface area contributed by atoms with Crippen LogP contribution in [0.4, 0.5) is 30.4 Å². The normalized spacial score (nSPS) is 12.7. The number of carbonyl (C=O) groups is 1. The summed E-state index contributed by atoms with van der Waals surface area (Å²) in [6.07, 6.45) is -0.114. The van der Waals surface area contributed by atoms with E-state index in [-0.39, 0.29) is 18.7 Å². The number of nitrogens with zero attached hydrogens (tertiary/aromatic N) is 4. The van der Waals surface area contributed by atoms with Gasteiger partial charge in [0.05, 0.1) is 12.3 Å². The molecule has 4 rings (SSSR count). The standard InChI is InChI=1S/C30H33F3N4O3/c1-4-36(11-6-5-10-29(38)39)27-16-23-9-7-8-22(23)15-24(27)19-37(28-12-20(2)35-40-28)18-21-13-25(30(31,32)33)17-26(14-21)34-3/h12-17H,4-11,18-19H2,1-2H3,(H,38,39). The van der Waals surface area contributed by atoms with E-state index < -0.39 is 17.7 Å². The highest BCUT2D eigenvalue weighted by molar-refractivity contribution is 5.66. The maximum Gasteiger partial charge on any atom is 0.415 e. The van der Waals surface area contributed by atoms with Gasteiger partial charge in [-0.2, -0.15) is 13.2 Å². The second-order valence-corrected chi connectivity index (χ2v) is 10.2. The summed E-state index contributed by atoms with van der Waals surface area (Å²) < 4.78 is 46.3. The number of hydrogen-bond acceptors (Lipinski definition) is 5. The minimum atomic E-state index is -4.57. The van der Waals surface area contributed by atoms with Crippen molar-refractivity contribution >= 4 is 23.2 Å². The fraction of sp³-hybridized carbons (Fsp3) is 0.433. The van der Waals surface area contributed by atoms with E-state index in [9.17, 15) is 18.0 Å². The highest BCUT2D eigenvalue weighted by Crippen LogP contribution is 2.36. The van der Waals surface area contributed by atoms with Crippen molar-refractivity contribution in [2.45, 2.75) is 71.6 Å². The smallest absolute Gasteiger partial charge is 0.415 e. The number of hydrogen-bond donors (Lipinski definition) is 1. The SMILES string of the molecule is [C-]#[N+]c1cc(CN(Cc2cc3c(cc2N(CC)CCCCC(=O)O)CCC3)c2cc(C)no2)cc(C(F)(F)F)c1. The lowest BCUT2D eigenvalue weighted by atomic mass is 10.0. The number of benzene rings is 2. The molecule has 7 nitrogen and oxygen atoms in total. The topological polar surface area (TPSA) is 74.2 Å². The van der Waals surface area contributed by atoms with Crippen LogP contribution in [0.25, 0.3) is 4.85 Å². The Bertz CT molecular complexity index is 1390. The van der Waals surface area contributed by atoms with E-state index in [1.807, 2.05) is 4.90 Å². The van der Waals surface area contributed by atoms with Gasteiger partial charge in [-0.25, -0.2) is 4.85 Å². The van der Waals surface area contributed by atoms with Crippen molar-refractivity contribution in [3.63, 3.8) is 0 Å². The molecule has 10 heteroatoms. The van der Waals surface area contributed by atoms with Gasteiger partial charge in [0.2, 0.25) is 5.88 Å². The molecular formula is C30H33F3N4O3. The van der Waals surface area contributed by atoms with E-state index in [4.69, 9.17) is 16.2 Å². The first-order valence-electron chi connectivity index (χ1n) is 13.5. The van der Waals surface area contributed by atoms with E-state index in [0.717, 1.165) is 55.6 Å². The number of aliphatic carboxylic acids is 1. The molecule has 0 atom stereocenters. The molecule has 1 aromatic heterocycles. The molecule has 0 saturated carbocycles. The minimum Gasteiger partial charge on any atom is -0.481 e. The Balaban J connectivity index is 1.70. The van der Waals surface area contributed by atoms with Crippen molar-refractivity contribution < 1.29 is 27.6 Å². The summed E-state index contributed by atoms with van der Waals surface area (Å²) in [6.45, 7) is 13.0. The fourth-order valence-corrected chi connectivity index (χ4v) is 5.24. The van der Waals surface area contributed by atoms with Crippen LogP contribution < -0.4 is 9.80 Å². The summed E-state index contributed by atoms with van der Waals surface area (Å²) in [5, 5.41) is 13.0. The van der Waals surface area contributed by atoms with Crippen LogP contribution in [0.2, 0.25) is 0 Å². The molecule has 1 heterocycles. The van der Waals surface area contributed by atoms with Crippen LogP contribution in [0, 0.1) is 13.5 Å². The van der Waals surface area contributed by atoms with Crippen molar-refractivity contribution in [1.29, 1.82) is 0 Å². The van der Waals surface area contributed by atoms with E-state index in [2.05, 4.69) is 34.0 Å². The van der Waals surface area contributed by atoms with Gasteiger partial charge < -0.3 is 19.4 Å². The summed E-state index contributed by atoms with van der Waals surface area (Å²) in [4.78, 5) is 18.3. The van der Waals surface area contributed by atoms with Crippen molar-refractivity contribution in [2.24, 2.45) is 0 Å². The molecule has 0 bridgehead atoms. The minimum absolute atomic E-state index is 0.0738. The number of aryl methyl sites for hydroxylation is 3. The molecule has 0 unspecified atom stereocenters. The lowest BCUT2D eigenvalue weighted by molar-refractivity contribution is -0.138. The average Bonchev–Trinajstić information content (AvgIpc) is 3.55. The number of carboxylic acids is 1. The van der Waals surface area contributed by atoms with Crippen LogP contribution in [0.3, 0.4) is 0 Å². The Morgan fingerprint density at radius 2 is 1.82 bits per heavy atom. The first-order valence-corrected chi connectivity index (χ1v) is 13.5. The number of fused-ring (bicyclic) bond motifs is 1. The predicted molar refractivity (Wildman–Crippen MR) is 147 cm³/mol. The summed E-state index contributed by atoms with van der Waals surface area (Å²) >= 11 is 0. The van der Waals surface area contributed by atoms with Gasteiger partial charge in [-0.05, 0) is 86.4 Å². The van der Waals surface area contributed by atoms with E-state index in [1.54, 1.807) is 13.0 Å². The maximum atomic E-state index is 13.6. The van der Waals surface area contributed by atoms with Gasteiger partial charge in [0.1, 0.15) is 0 Å². The molecule has 3 aromatic rings. The summed E-state index contributed by atoms with van der Waals surface area (Å²) in [7, 11) is 0. The quantitative estimate of drug-likeness (QED) is 0.187. The van der Waals surface area contributed by atoms with Crippen LogP contribution in [0.5, 0.6) is 0 Å². The van der Waals surface area contributed by atoms with Gasteiger partial charge in [0.15, 0.2) is 5.69 Å². The van der Waals surface area contributed by atoms with Crippen LogP contribution in [-0.2, 0) is 36.9 Å². The Labute approximate surface area is 232 Å². The lowest BCUT2D eigenvalue weighted by Gasteiger charge is -2.30. The number of aromatic nitrogens is 1. The third-order valence-corrected chi connectivity index (χ3v) is 7.18. The highest BCUT2D eigenvalue weighted by Gasteiger charge is 2.31. The molecule has 1 N–H and O–H groups in total. The highest BCUT2D eigenvalue weighted by atomic mass is 19.4. The zero-order valence-corrected chi connectivity index (χ0v) is 22.7. The lowest BCUT2D eigenvalue weighted by Crippen LogP contribution is -2.28. The van der Waals surface area contributed by atoms with Crippen LogP contribution >= 0.6 is 0 Å². The largest absolute Gasteiger partial charge is 0.481 e. The van der Waals surface area contributed by atoms with E-state index in [0.29, 0.717) is 36.7 Å². The van der Waals surface area contributed by atoms with Gasteiger partial charge in [-0.1, -0.05) is 17.3 Å². The Hall–Kier alpha value is -4.00. The number of unbranched alkanes of at least 4 members (excludes halogenated alkanes) is 1. The van der Waals surface area contributed by atoms with Crippen molar-refractivity contribution in [2.75, 3.05) is 22.9 Å². The summed E-state index contributed by atoms with van der Waals surface area (Å²) in [5.41, 5.74) is 4.66. The molecule has 0 aliphatic heterocycles. The van der Waals surface area contributed by atoms with Crippen molar-refractivity contribution in [3.8, 4) is 0 Å². The average molecular weight is 555 g/mol. The third kappa shape index (κ3) is 7.14. The number of anilines is 2. The molecule has 1 aliphatic rings. The first kappa shape index (κ1) is 29.0. The zero-order valence-electron chi connectivity index (χ0n) is 22.7. The summed E-state index contributed by atoms with van der Waals surface area (Å²) in [5.74, 6) is -0.384. The number of carboxylic acid groups (broad SMARTS) is 1. The van der Waals surface area contributed by atoms with Crippen LogP contribution in [-0.4, -0.2) is 29.3 Å². The van der Waals surface area contributed by atoms with Gasteiger partial charge in [0.25, 0.3) is 0 Å². The second kappa shape index (κ2) is 12.5. The molecule has 0 saturated heterocycles. The van der Waals surface area contributed by atoms with Gasteiger partial charge in [-0.3, -0.25) is 4.79 Å².